The zero-order chi connectivity index (χ0) is 15.7. The SMILES string of the molecule is Cc1c(C(=O)N(C)Cc2ccc(Br)cc2)oc2ccccc12. The van der Waals surface area contributed by atoms with Gasteiger partial charge in [-0.25, -0.2) is 0 Å². The van der Waals surface area contributed by atoms with Crippen molar-refractivity contribution in [3.8, 4) is 0 Å². The zero-order valence-corrected chi connectivity index (χ0v) is 14.1. The van der Waals surface area contributed by atoms with Crippen molar-refractivity contribution in [2.45, 2.75) is 13.5 Å². The van der Waals surface area contributed by atoms with Gasteiger partial charge in [-0.3, -0.25) is 4.79 Å². The van der Waals surface area contributed by atoms with E-state index < -0.39 is 0 Å². The highest BCUT2D eigenvalue weighted by atomic mass is 79.9. The summed E-state index contributed by atoms with van der Waals surface area (Å²) in [5.41, 5.74) is 2.72. The lowest BCUT2D eigenvalue weighted by molar-refractivity contribution is 0.0755. The Kier molecular flexibility index (Phi) is 4.03. The molecule has 0 aliphatic rings. The normalized spacial score (nSPS) is 10.9. The first-order chi connectivity index (χ1) is 10.6. The molecule has 1 aromatic heterocycles. The first-order valence-corrected chi connectivity index (χ1v) is 7.83. The van der Waals surface area contributed by atoms with Crippen LogP contribution in [0, 0.1) is 6.92 Å². The van der Waals surface area contributed by atoms with Crippen molar-refractivity contribution < 1.29 is 9.21 Å². The molecule has 0 atom stereocenters. The van der Waals surface area contributed by atoms with Gasteiger partial charge in [0, 0.05) is 29.0 Å². The largest absolute Gasteiger partial charge is 0.451 e. The number of halogens is 1. The highest BCUT2D eigenvalue weighted by Crippen LogP contribution is 2.26. The van der Waals surface area contributed by atoms with E-state index in [1.807, 2.05) is 55.5 Å². The van der Waals surface area contributed by atoms with Crippen LogP contribution in [0.3, 0.4) is 0 Å². The minimum atomic E-state index is -0.100. The molecular weight excluding hydrogens is 342 g/mol. The molecule has 0 aliphatic carbocycles. The molecule has 0 aliphatic heterocycles. The number of aryl methyl sites for hydroxylation is 1. The lowest BCUT2D eigenvalue weighted by atomic mass is 10.1. The van der Waals surface area contributed by atoms with Crippen LogP contribution in [0.2, 0.25) is 0 Å². The smallest absolute Gasteiger partial charge is 0.289 e. The van der Waals surface area contributed by atoms with Crippen LogP contribution in [-0.2, 0) is 6.54 Å². The molecule has 1 heterocycles. The molecule has 0 saturated heterocycles. The van der Waals surface area contributed by atoms with Crippen molar-refractivity contribution in [2.75, 3.05) is 7.05 Å². The van der Waals surface area contributed by atoms with Gasteiger partial charge in [0.15, 0.2) is 5.76 Å². The van der Waals surface area contributed by atoms with E-state index in [1.165, 1.54) is 0 Å². The lowest BCUT2D eigenvalue weighted by Crippen LogP contribution is -2.26. The Morgan fingerprint density at radius 1 is 1.14 bits per heavy atom. The molecule has 22 heavy (non-hydrogen) atoms. The van der Waals surface area contributed by atoms with Gasteiger partial charge in [-0.15, -0.1) is 0 Å². The molecule has 1 amide bonds. The summed E-state index contributed by atoms with van der Waals surface area (Å²) in [6.07, 6.45) is 0. The highest BCUT2D eigenvalue weighted by Gasteiger charge is 2.20. The van der Waals surface area contributed by atoms with Crippen molar-refractivity contribution in [3.63, 3.8) is 0 Å². The van der Waals surface area contributed by atoms with E-state index in [1.54, 1.807) is 11.9 Å². The fraction of sp³-hybridized carbons (Fsp3) is 0.167. The van der Waals surface area contributed by atoms with Gasteiger partial charge in [0.25, 0.3) is 5.91 Å². The summed E-state index contributed by atoms with van der Waals surface area (Å²) < 4.78 is 6.77. The van der Waals surface area contributed by atoms with Gasteiger partial charge in [-0.1, -0.05) is 46.3 Å². The Balaban J connectivity index is 1.85. The predicted molar refractivity (Wildman–Crippen MR) is 90.9 cm³/mol. The van der Waals surface area contributed by atoms with Crippen LogP contribution in [0.4, 0.5) is 0 Å². The third-order valence-electron chi connectivity index (χ3n) is 3.72. The molecule has 0 spiro atoms. The Morgan fingerprint density at radius 2 is 1.82 bits per heavy atom. The van der Waals surface area contributed by atoms with E-state index in [-0.39, 0.29) is 5.91 Å². The van der Waals surface area contributed by atoms with Gasteiger partial charge in [-0.05, 0) is 30.7 Å². The summed E-state index contributed by atoms with van der Waals surface area (Å²) in [7, 11) is 1.79. The Morgan fingerprint density at radius 3 is 2.50 bits per heavy atom. The number of fused-ring (bicyclic) bond motifs is 1. The van der Waals surface area contributed by atoms with Crippen molar-refractivity contribution in [1.29, 1.82) is 0 Å². The second-order valence-corrected chi connectivity index (χ2v) is 6.26. The van der Waals surface area contributed by atoms with Crippen molar-refractivity contribution >= 4 is 32.8 Å². The number of hydrogen-bond acceptors (Lipinski definition) is 2. The average molecular weight is 358 g/mol. The molecule has 3 nitrogen and oxygen atoms in total. The van der Waals surface area contributed by atoms with Crippen LogP contribution >= 0.6 is 15.9 Å². The molecule has 0 bridgehead atoms. The number of furan rings is 1. The molecule has 3 aromatic rings. The Hall–Kier alpha value is -2.07. The molecule has 2 aromatic carbocycles. The molecule has 112 valence electrons. The summed E-state index contributed by atoms with van der Waals surface area (Å²) in [6.45, 7) is 2.47. The number of carbonyl (C=O) groups is 1. The molecule has 0 radical (unpaired) electrons. The number of nitrogens with zero attached hydrogens (tertiary/aromatic N) is 1. The maximum atomic E-state index is 12.6. The minimum absolute atomic E-state index is 0.100. The van der Waals surface area contributed by atoms with Crippen molar-refractivity contribution in [3.05, 3.63) is 69.9 Å². The predicted octanol–water partition coefficient (Wildman–Crippen LogP) is 4.78. The van der Waals surface area contributed by atoms with Gasteiger partial charge in [0.05, 0.1) is 0 Å². The molecule has 0 fully saturated rings. The summed E-state index contributed by atoms with van der Waals surface area (Å²) in [5, 5.41) is 0.989. The number of rotatable bonds is 3. The molecule has 0 saturated carbocycles. The highest BCUT2D eigenvalue weighted by molar-refractivity contribution is 9.10. The van der Waals surface area contributed by atoms with E-state index >= 15 is 0 Å². The maximum Gasteiger partial charge on any atom is 0.289 e. The molecule has 3 rings (SSSR count). The van der Waals surface area contributed by atoms with E-state index in [0.29, 0.717) is 12.3 Å². The van der Waals surface area contributed by atoms with Crippen molar-refractivity contribution in [1.82, 2.24) is 4.90 Å². The number of hydrogen-bond donors (Lipinski definition) is 0. The summed E-state index contributed by atoms with van der Waals surface area (Å²) in [6, 6.07) is 15.7. The number of amides is 1. The first kappa shape index (κ1) is 14.9. The second kappa shape index (κ2) is 5.97. The molecule has 4 heteroatoms. The average Bonchev–Trinajstić information content (AvgIpc) is 2.86. The Bertz CT molecular complexity index is 821. The van der Waals surface area contributed by atoms with Crippen molar-refractivity contribution in [2.24, 2.45) is 0 Å². The van der Waals surface area contributed by atoms with Gasteiger partial charge >= 0.3 is 0 Å². The van der Waals surface area contributed by atoms with Crippen LogP contribution in [0.25, 0.3) is 11.0 Å². The van der Waals surface area contributed by atoms with E-state index in [4.69, 9.17) is 4.42 Å². The van der Waals surface area contributed by atoms with Gasteiger partial charge in [0.1, 0.15) is 5.58 Å². The fourth-order valence-electron chi connectivity index (χ4n) is 2.49. The van der Waals surface area contributed by atoms with E-state index in [9.17, 15) is 4.79 Å². The van der Waals surface area contributed by atoms with Crippen LogP contribution < -0.4 is 0 Å². The second-order valence-electron chi connectivity index (χ2n) is 5.34. The topological polar surface area (TPSA) is 33.5 Å². The van der Waals surface area contributed by atoms with Crippen LogP contribution in [0.15, 0.2) is 57.4 Å². The Labute approximate surface area is 137 Å². The third-order valence-corrected chi connectivity index (χ3v) is 4.25. The summed E-state index contributed by atoms with van der Waals surface area (Å²) in [4.78, 5) is 14.3. The van der Waals surface area contributed by atoms with Gasteiger partial charge in [-0.2, -0.15) is 0 Å². The molecule has 0 N–H and O–H groups in total. The summed E-state index contributed by atoms with van der Waals surface area (Å²) >= 11 is 3.41. The van der Waals surface area contributed by atoms with Gasteiger partial charge in [0.2, 0.25) is 0 Å². The van der Waals surface area contributed by atoms with Crippen LogP contribution in [0.1, 0.15) is 21.7 Å². The standard InChI is InChI=1S/C18H16BrNO2/c1-12-15-5-3-4-6-16(15)22-17(12)18(21)20(2)11-13-7-9-14(19)10-8-13/h3-10H,11H2,1-2H3. The van der Waals surface area contributed by atoms with Crippen LogP contribution in [-0.4, -0.2) is 17.9 Å². The quantitative estimate of drug-likeness (QED) is 0.675. The molecular formula is C18H16BrNO2. The number of benzene rings is 2. The van der Waals surface area contributed by atoms with Gasteiger partial charge < -0.3 is 9.32 Å². The first-order valence-electron chi connectivity index (χ1n) is 7.04. The number of para-hydroxylation sites is 1. The number of carbonyl (C=O) groups excluding carboxylic acids is 1. The lowest BCUT2D eigenvalue weighted by Gasteiger charge is -2.16. The monoisotopic (exact) mass is 357 g/mol. The molecule has 0 unspecified atom stereocenters. The summed E-state index contributed by atoms with van der Waals surface area (Å²) in [5.74, 6) is 0.317. The van der Waals surface area contributed by atoms with Crippen LogP contribution in [0.5, 0.6) is 0 Å². The maximum absolute atomic E-state index is 12.6. The fourth-order valence-corrected chi connectivity index (χ4v) is 2.75. The third kappa shape index (κ3) is 2.79. The minimum Gasteiger partial charge on any atom is -0.451 e. The zero-order valence-electron chi connectivity index (χ0n) is 12.5. The van der Waals surface area contributed by atoms with E-state index in [2.05, 4.69) is 15.9 Å². The van der Waals surface area contributed by atoms with E-state index in [0.717, 1.165) is 26.6 Å².